The van der Waals surface area contributed by atoms with Crippen molar-refractivity contribution in [3.63, 3.8) is 0 Å². The number of benzene rings is 1. The van der Waals surface area contributed by atoms with E-state index in [0.29, 0.717) is 0 Å². The second kappa shape index (κ2) is 3.75. The summed E-state index contributed by atoms with van der Waals surface area (Å²) in [4.78, 5) is 0. The van der Waals surface area contributed by atoms with Gasteiger partial charge in [0.15, 0.2) is 0 Å². The van der Waals surface area contributed by atoms with Crippen molar-refractivity contribution in [1.29, 1.82) is 0 Å². The molecule has 0 aliphatic carbocycles. The van der Waals surface area contributed by atoms with Crippen LogP contribution >= 0.6 is 11.5 Å². The van der Waals surface area contributed by atoms with Gasteiger partial charge in [-0.05, 0) is 30.1 Å². The van der Waals surface area contributed by atoms with Crippen molar-refractivity contribution in [3.8, 4) is 5.88 Å². The summed E-state index contributed by atoms with van der Waals surface area (Å²) in [5.74, 6) is 0.780. The van der Waals surface area contributed by atoms with Gasteiger partial charge in [0.25, 0.3) is 0 Å². The first-order valence-electron chi connectivity index (χ1n) is 4.39. The molecule has 0 bridgehead atoms. The van der Waals surface area contributed by atoms with Gasteiger partial charge in [0, 0.05) is 0 Å². The highest BCUT2D eigenvalue weighted by atomic mass is 32.1. The topological polar surface area (TPSA) is 22.1 Å². The number of nitrogens with zero attached hydrogens (tertiary/aromatic N) is 1. The van der Waals surface area contributed by atoms with Gasteiger partial charge in [0.05, 0.1) is 16.7 Å². The van der Waals surface area contributed by atoms with Crippen LogP contribution in [0, 0.1) is 0 Å². The molecule has 0 aliphatic heterocycles. The maximum absolute atomic E-state index is 5.51. The molecule has 2 rings (SSSR count). The number of hydrogen-bond acceptors (Lipinski definition) is 3. The Labute approximate surface area is 81.3 Å². The van der Waals surface area contributed by atoms with E-state index in [0.717, 1.165) is 24.3 Å². The highest BCUT2D eigenvalue weighted by Crippen LogP contribution is 2.27. The van der Waals surface area contributed by atoms with Crippen LogP contribution in [0.4, 0.5) is 0 Å². The molecule has 0 aliphatic rings. The lowest BCUT2D eigenvalue weighted by Gasteiger charge is -1.99. The molecule has 0 saturated heterocycles. The Bertz CT molecular complexity index is 396. The molecule has 0 N–H and O–H groups in total. The van der Waals surface area contributed by atoms with Crippen molar-refractivity contribution in [2.45, 2.75) is 13.3 Å². The number of rotatable bonds is 3. The van der Waals surface area contributed by atoms with Crippen LogP contribution in [-0.2, 0) is 0 Å². The minimum absolute atomic E-state index is 0.744. The molecule has 1 aromatic carbocycles. The molecular weight excluding hydrogens is 182 g/mol. The number of aromatic nitrogens is 1. The van der Waals surface area contributed by atoms with E-state index in [4.69, 9.17) is 4.74 Å². The summed E-state index contributed by atoms with van der Waals surface area (Å²) in [6, 6.07) is 8.13. The predicted octanol–water partition coefficient (Wildman–Crippen LogP) is 3.09. The van der Waals surface area contributed by atoms with Crippen LogP contribution in [0.3, 0.4) is 0 Å². The molecule has 13 heavy (non-hydrogen) atoms. The summed E-state index contributed by atoms with van der Waals surface area (Å²) in [6.07, 6.45) is 1.02. The maximum atomic E-state index is 5.51. The van der Waals surface area contributed by atoms with Crippen molar-refractivity contribution < 1.29 is 4.74 Å². The highest BCUT2D eigenvalue weighted by Gasteiger charge is 2.04. The molecule has 1 heterocycles. The molecule has 0 unspecified atom stereocenters. The normalized spacial score (nSPS) is 10.5. The van der Waals surface area contributed by atoms with Gasteiger partial charge in [-0.2, -0.15) is 4.37 Å². The van der Waals surface area contributed by atoms with E-state index < -0.39 is 0 Å². The van der Waals surface area contributed by atoms with Crippen molar-refractivity contribution in [2.24, 2.45) is 0 Å². The van der Waals surface area contributed by atoms with Gasteiger partial charge >= 0.3 is 0 Å². The van der Waals surface area contributed by atoms with Gasteiger partial charge in [-0.3, -0.25) is 0 Å². The van der Waals surface area contributed by atoms with E-state index in [-0.39, 0.29) is 0 Å². The van der Waals surface area contributed by atoms with Crippen LogP contribution in [0.5, 0.6) is 5.88 Å². The van der Waals surface area contributed by atoms with Crippen molar-refractivity contribution in [2.75, 3.05) is 6.61 Å². The zero-order valence-electron chi connectivity index (χ0n) is 7.49. The number of ether oxygens (including phenoxy) is 1. The van der Waals surface area contributed by atoms with Crippen LogP contribution < -0.4 is 4.74 Å². The van der Waals surface area contributed by atoms with Gasteiger partial charge in [0.2, 0.25) is 5.88 Å². The molecule has 1 aromatic heterocycles. The Balaban J connectivity index is 2.35. The van der Waals surface area contributed by atoms with Crippen LogP contribution in [0.2, 0.25) is 0 Å². The number of hydrogen-bond donors (Lipinski definition) is 0. The monoisotopic (exact) mass is 193 g/mol. The molecule has 0 radical (unpaired) electrons. The van der Waals surface area contributed by atoms with Gasteiger partial charge in [0.1, 0.15) is 0 Å². The molecule has 0 atom stereocenters. The predicted molar refractivity (Wildman–Crippen MR) is 55.4 cm³/mol. The van der Waals surface area contributed by atoms with E-state index in [1.54, 1.807) is 0 Å². The lowest BCUT2D eigenvalue weighted by atomic mass is 10.3. The van der Waals surface area contributed by atoms with Crippen LogP contribution in [0.25, 0.3) is 10.1 Å². The van der Waals surface area contributed by atoms with Gasteiger partial charge in [-0.25, -0.2) is 0 Å². The molecular formula is C10H11NOS. The molecule has 0 fully saturated rings. The number of fused-ring (bicyclic) bond motifs is 1. The summed E-state index contributed by atoms with van der Waals surface area (Å²) in [6.45, 7) is 2.84. The SMILES string of the molecule is CCCOc1nsc2ccccc12. The molecule has 0 amide bonds. The highest BCUT2D eigenvalue weighted by molar-refractivity contribution is 7.13. The second-order valence-electron chi connectivity index (χ2n) is 2.83. The quantitative estimate of drug-likeness (QED) is 0.747. The largest absolute Gasteiger partial charge is 0.477 e. The first kappa shape index (κ1) is 8.51. The molecule has 0 saturated carbocycles. The third kappa shape index (κ3) is 1.65. The fourth-order valence-corrected chi connectivity index (χ4v) is 1.89. The van der Waals surface area contributed by atoms with Crippen LogP contribution in [-0.4, -0.2) is 11.0 Å². The van der Waals surface area contributed by atoms with Crippen molar-refractivity contribution in [1.82, 2.24) is 4.37 Å². The van der Waals surface area contributed by atoms with E-state index in [2.05, 4.69) is 17.4 Å². The zero-order chi connectivity index (χ0) is 9.10. The smallest absolute Gasteiger partial charge is 0.233 e. The molecule has 68 valence electrons. The average Bonchev–Trinajstić information content (AvgIpc) is 2.58. The lowest BCUT2D eigenvalue weighted by molar-refractivity contribution is 0.312. The summed E-state index contributed by atoms with van der Waals surface area (Å²) < 4.78 is 10.9. The zero-order valence-corrected chi connectivity index (χ0v) is 8.30. The van der Waals surface area contributed by atoms with Gasteiger partial charge in [-0.1, -0.05) is 19.1 Å². The lowest BCUT2D eigenvalue weighted by Crippen LogP contribution is -1.94. The van der Waals surface area contributed by atoms with Crippen LogP contribution in [0.1, 0.15) is 13.3 Å². The molecule has 2 aromatic rings. The Morgan fingerprint density at radius 3 is 3.08 bits per heavy atom. The standard InChI is InChI=1S/C10H11NOS/c1-2-7-12-10-8-5-3-4-6-9(8)13-11-10/h3-6H,2,7H2,1H3. The van der Waals surface area contributed by atoms with Gasteiger partial charge in [-0.15, -0.1) is 0 Å². The Morgan fingerprint density at radius 1 is 1.38 bits per heavy atom. The maximum Gasteiger partial charge on any atom is 0.233 e. The van der Waals surface area contributed by atoms with E-state index in [9.17, 15) is 0 Å². The van der Waals surface area contributed by atoms with E-state index in [1.165, 1.54) is 16.2 Å². The molecule has 2 nitrogen and oxygen atoms in total. The van der Waals surface area contributed by atoms with E-state index in [1.807, 2.05) is 18.2 Å². The van der Waals surface area contributed by atoms with Crippen molar-refractivity contribution >= 4 is 21.6 Å². The Hall–Kier alpha value is -1.09. The van der Waals surface area contributed by atoms with Crippen molar-refractivity contribution in [3.05, 3.63) is 24.3 Å². The average molecular weight is 193 g/mol. The minimum atomic E-state index is 0.744. The fraction of sp³-hybridized carbons (Fsp3) is 0.300. The third-order valence-electron chi connectivity index (χ3n) is 1.79. The van der Waals surface area contributed by atoms with Crippen LogP contribution in [0.15, 0.2) is 24.3 Å². The fourth-order valence-electron chi connectivity index (χ4n) is 1.17. The summed E-state index contributed by atoms with van der Waals surface area (Å²) >= 11 is 1.49. The first-order valence-corrected chi connectivity index (χ1v) is 5.16. The molecule has 3 heteroatoms. The Morgan fingerprint density at radius 2 is 2.23 bits per heavy atom. The molecule has 0 spiro atoms. The summed E-state index contributed by atoms with van der Waals surface area (Å²) in [7, 11) is 0. The first-order chi connectivity index (χ1) is 6.42. The second-order valence-corrected chi connectivity index (χ2v) is 3.64. The summed E-state index contributed by atoms with van der Waals surface area (Å²) in [5, 5.41) is 1.13. The third-order valence-corrected chi connectivity index (χ3v) is 2.60. The van der Waals surface area contributed by atoms with Gasteiger partial charge < -0.3 is 4.74 Å². The minimum Gasteiger partial charge on any atom is -0.477 e. The summed E-state index contributed by atoms with van der Waals surface area (Å²) in [5.41, 5.74) is 0. The Kier molecular flexibility index (Phi) is 2.45. The van der Waals surface area contributed by atoms with E-state index >= 15 is 0 Å².